The third kappa shape index (κ3) is 5.08. The number of phenols is 1. The maximum atomic E-state index is 13.3. The Morgan fingerprint density at radius 2 is 1.59 bits per heavy atom. The Labute approximate surface area is 221 Å². The van der Waals surface area contributed by atoms with Gasteiger partial charge in [-0.05, 0) is 65.9 Å². The van der Waals surface area contributed by atoms with Gasteiger partial charge in [-0.1, -0.05) is 66.8 Å². The van der Waals surface area contributed by atoms with Crippen LogP contribution in [0.3, 0.4) is 0 Å². The van der Waals surface area contributed by atoms with Crippen LogP contribution in [0.25, 0.3) is 11.1 Å². The van der Waals surface area contributed by atoms with Crippen molar-refractivity contribution in [1.29, 1.82) is 0 Å². The summed E-state index contributed by atoms with van der Waals surface area (Å²) in [6, 6.07) is 29.4. The monoisotopic (exact) mass is 513 g/mol. The first-order valence-corrected chi connectivity index (χ1v) is 12.7. The van der Waals surface area contributed by atoms with E-state index < -0.39 is 6.10 Å². The second-order valence-corrected chi connectivity index (χ2v) is 9.66. The van der Waals surface area contributed by atoms with E-state index in [1.165, 1.54) is 12.1 Å². The lowest BCUT2D eigenvalue weighted by molar-refractivity contribution is 0.157. The van der Waals surface area contributed by atoms with Crippen molar-refractivity contribution in [3.05, 3.63) is 114 Å². The topological polar surface area (TPSA) is 52.9 Å². The van der Waals surface area contributed by atoms with Gasteiger partial charge in [0, 0.05) is 23.2 Å². The van der Waals surface area contributed by atoms with Crippen LogP contribution in [0, 0.1) is 11.7 Å². The standard InChI is InChI=1S/C31H28FNO3S/c1-36-25-15-16-26(29(35)19-25)30-27(17-18-28(34)22-7-11-23(32)12-8-22)31(37)33(30)24-13-9-21(10-14-24)20-5-3-2-4-6-20/h2-16,19,27-28,30,34-35H,17-18H2,1H3/t27-,28+,30-/m1/s1. The molecule has 1 heterocycles. The van der Waals surface area contributed by atoms with Crippen LogP contribution in [-0.2, 0) is 0 Å². The molecule has 37 heavy (non-hydrogen) atoms. The van der Waals surface area contributed by atoms with E-state index in [1.54, 1.807) is 25.3 Å². The largest absolute Gasteiger partial charge is 0.507 e. The fourth-order valence-corrected chi connectivity index (χ4v) is 5.47. The van der Waals surface area contributed by atoms with Crippen LogP contribution < -0.4 is 9.64 Å². The summed E-state index contributed by atoms with van der Waals surface area (Å²) in [7, 11) is 1.56. The molecular weight excluding hydrogens is 485 g/mol. The van der Waals surface area contributed by atoms with Crippen LogP contribution in [0.4, 0.5) is 10.1 Å². The maximum Gasteiger partial charge on any atom is 0.124 e. The second-order valence-electron chi connectivity index (χ2n) is 9.24. The molecule has 1 fully saturated rings. The second kappa shape index (κ2) is 10.7. The van der Waals surface area contributed by atoms with Gasteiger partial charge in [0.05, 0.1) is 24.2 Å². The lowest BCUT2D eigenvalue weighted by atomic mass is 9.78. The van der Waals surface area contributed by atoms with Crippen molar-refractivity contribution in [1.82, 2.24) is 0 Å². The number of halogens is 1. The van der Waals surface area contributed by atoms with Crippen LogP contribution in [-0.4, -0.2) is 22.3 Å². The van der Waals surface area contributed by atoms with E-state index >= 15 is 0 Å². The number of aliphatic hydroxyl groups is 1. The van der Waals surface area contributed by atoms with Gasteiger partial charge in [-0.15, -0.1) is 0 Å². The molecule has 3 atom stereocenters. The Bertz CT molecular complexity index is 1380. The number of thiocarbonyl (C=S) groups is 1. The lowest BCUT2D eigenvalue weighted by Gasteiger charge is -2.50. The molecule has 188 valence electrons. The zero-order valence-corrected chi connectivity index (χ0v) is 21.2. The fourth-order valence-electron chi connectivity index (χ4n) is 5.01. The van der Waals surface area contributed by atoms with Gasteiger partial charge in [0.1, 0.15) is 17.3 Å². The molecule has 0 bridgehead atoms. The minimum absolute atomic E-state index is 0.0572. The molecule has 0 radical (unpaired) electrons. The highest BCUT2D eigenvalue weighted by atomic mass is 32.1. The Morgan fingerprint density at radius 3 is 2.24 bits per heavy atom. The number of aliphatic hydroxyl groups excluding tert-OH is 1. The Balaban J connectivity index is 1.41. The van der Waals surface area contributed by atoms with Gasteiger partial charge in [0.15, 0.2) is 0 Å². The fraction of sp³-hybridized carbons (Fsp3) is 0.194. The van der Waals surface area contributed by atoms with E-state index in [0.29, 0.717) is 24.2 Å². The van der Waals surface area contributed by atoms with Crippen molar-refractivity contribution in [3.8, 4) is 22.6 Å². The van der Waals surface area contributed by atoms with Crippen LogP contribution in [0.5, 0.6) is 11.5 Å². The SMILES string of the molecule is COc1ccc([C@@H]2[C@@H](CC[C@H](O)c3ccc(F)cc3)C(=S)N2c2ccc(-c3ccccc3)cc2)c(O)c1. The summed E-state index contributed by atoms with van der Waals surface area (Å²) >= 11 is 5.88. The molecule has 5 rings (SSSR count). The normalized spacial score (nSPS) is 17.8. The molecule has 4 nitrogen and oxygen atoms in total. The number of methoxy groups -OCH3 is 1. The zero-order chi connectivity index (χ0) is 25.9. The van der Waals surface area contributed by atoms with Gasteiger partial charge in [0.25, 0.3) is 0 Å². The van der Waals surface area contributed by atoms with E-state index in [1.807, 2.05) is 42.5 Å². The summed E-state index contributed by atoms with van der Waals surface area (Å²) in [4.78, 5) is 2.83. The molecule has 2 N–H and O–H groups in total. The molecule has 0 aromatic heterocycles. The van der Waals surface area contributed by atoms with Gasteiger partial charge in [0.2, 0.25) is 0 Å². The summed E-state index contributed by atoms with van der Waals surface area (Å²) in [6.07, 6.45) is 0.351. The quantitative estimate of drug-likeness (QED) is 0.244. The molecule has 1 aliphatic rings. The number of hydrogen-bond acceptors (Lipinski definition) is 4. The van der Waals surface area contributed by atoms with Crippen molar-refractivity contribution in [2.75, 3.05) is 12.0 Å². The Morgan fingerprint density at radius 1 is 0.919 bits per heavy atom. The Hall–Kier alpha value is -3.74. The van der Waals surface area contributed by atoms with Gasteiger partial charge in [-0.25, -0.2) is 4.39 Å². The average molecular weight is 514 g/mol. The molecule has 1 saturated heterocycles. The number of anilines is 1. The van der Waals surface area contributed by atoms with Gasteiger partial charge < -0.3 is 19.8 Å². The van der Waals surface area contributed by atoms with Crippen molar-refractivity contribution >= 4 is 22.9 Å². The van der Waals surface area contributed by atoms with Crippen molar-refractivity contribution in [2.45, 2.75) is 25.0 Å². The third-order valence-corrected chi connectivity index (χ3v) is 7.53. The zero-order valence-electron chi connectivity index (χ0n) is 20.4. The number of rotatable bonds is 8. The van der Waals surface area contributed by atoms with E-state index in [0.717, 1.165) is 27.4 Å². The summed E-state index contributed by atoms with van der Waals surface area (Å²) in [5.74, 6) is 0.324. The minimum atomic E-state index is -0.729. The van der Waals surface area contributed by atoms with Crippen molar-refractivity contribution < 1.29 is 19.3 Å². The molecular formula is C31H28FNO3S. The molecule has 4 aromatic rings. The van der Waals surface area contributed by atoms with E-state index in [4.69, 9.17) is 17.0 Å². The molecule has 0 unspecified atom stereocenters. The minimum Gasteiger partial charge on any atom is -0.507 e. The van der Waals surface area contributed by atoms with Gasteiger partial charge in [-0.3, -0.25) is 0 Å². The van der Waals surface area contributed by atoms with Crippen LogP contribution in [0.15, 0.2) is 97.1 Å². The number of nitrogens with zero attached hydrogens (tertiary/aromatic N) is 1. The Kier molecular flexibility index (Phi) is 7.22. The number of benzene rings is 4. The molecule has 1 aliphatic heterocycles. The molecule has 0 aliphatic carbocycles. The highest BCUT2D eigenvalue weighted by Crippen LogP contribution is 2.50. The summed E-state index contributed by atoms with van der Waals surface area (Å²) in [5.41, 5.74) is 4.61. The van der Waals surface area contributed by atoms with E-state index in [2.05, 4.69) is 29.2 Å². The summed E-state index contributed by atoms with van der Waals surface area (Å²) in [5, 5.41) is 21.6. The van der Waals surface area contributed by atoms with Gasteiger partial charge >= 0.3 is 0 Å². The maximum absolute atomic E-state index is 13.3. The molecule has 0 spiro atoms. The van der Waals surface area contributed by atoms with Gasteiger partial charge in [-0.2, -0.15) is 0 Å². The van der Waals surface area contributed by atoms with E-state index in [-0.39, 0.29) is 23.5 Å². The predicted molar refractivity (Wildman–Crippen MR) is 148 cm³/mol. The summed E-state index contributed by atoms with van der Waals surface area (Å²) in [6.45, 7) is 0. The first-order valence-electron chi connectivity index (χ1n) is 12.3. The molecule has 4 aromatic carbocycles. The molecule has 0 saturated carbocycles. The van der Waals surface area contributed by atoms with Crippen molar-refractivity contribution in [2.24, 2.45) is 5.92 Å². The van der Waals surface area contributed by atoms with Crippen LogP contribution in [0.2, 0.25) is 0 Å². The molecule has 6 heteroatoms. The van der Waals surface area contributed by atoms with E-state index in [9.17, 15) is 14.6 Å². The first-order chi connectivity index (χ1) is 18.0. The van der Waals surface area contributed by atoms with Crippen LogP contribution >= 0.6 is 12.2 Å². The number of aromatic hydroxyl groups is 1. The lowest BCUT2D eigenvalue weighted by Crippen LogP contribution is -2.54. The number of hydrogen-bond donors (Lipinski definition) is 2. The highest BCUT2D eigenvalue weighted by Gasteiger charge is 2.46. The predicted octanol–water partition coefficient (Wildman–Crippen LogP) is 7.23. The highest BCUT2D eigenvalue weighted by molar-refractivity contribution is 7.80. The number of phenolic OH excluding ortho intramolecular Hbond substituents is 1. The smallest absolute Gasteiger partial charge is 0.124 e. The number of ether oxygens (including phenoxy) is 1. The molecule has 0 amide bonds. The average Bonchev–Trinajstić information content (AvgIpc) is 2.93. The third-order valence-electron chi connectivity index (χ3n) is 7.03. The van der Waals surface area contributed by atoms with Crippen molar-refractivity contribution in [3.63, 3.8) is 0 Å². The summed E-state index contributed by atoms with van der Waals surface area (Å²) < 4.78 is 18.6. The first kappa shape index (κ1) is 24.9. The van der Waals surface area contributed by atoms with Crippen LogP contribution in [0.1, 0.15) is 36.1 Å².